The van der Waals surface area contributed by atoms with Crippen molar-refractivity contribution in [3.8, 4) is 17.6 Å². The van der Waals surface area contributed by atoms with Gasteiger partial charge in [-0.2, -0.15) is 5.26 Å². The van der Waals surface area contributed by atoms with Crippen molar-refractivity contribution in [3.63, 3.8) is 0 Å². The number of hydrogen-bond donors (Lipinski definition) is 0. The van der Waals surface area contributed by atoms with Gasteiger partial charge in [-0.3, -0.25) is 14.2 Å². The van der Waals surface area contributed by atoms with Crippen LogP contribution in [0.25, 0.3) is 6.08 Å². The first-order valence-corrected chi connectivity index (χ1v) is 16.2. The van der Waals surface area contributed by atoms with Crippen LogP contribution in [0.15, 0.2) is 86.2 Å². The van der Waals surface area contributed by atoms with Gasteiger partial charge >= 0.3 is 0 Å². The molecule has 0 fully saturated rings. The molecule has 0 N–H and O–H groups in total. The molecule has 0 spiro atoms. The van der Waals surface area contributed by atoms with Gasteiger partial charge in [0.1, 0.15) is 6.61 Å². The molecule has 0 aliphatic carbocycles. The molecule has 0 radical (unpaired) electrons. The SMILES string of the molecule is CCN(CC)C(=O)C1=C(C)N=c2s/c(=C\c3cc(Br)c(OCc4ccc(C#N)cc4)c(OC)c3)c(=O)n2[C@@H]1c1ccc(Cl)cc1. The average Bonchev–Trinajstić information content (AvgIpc) is 3.34. The molecule has 8 nitrogen and oxygen atoms in total. The minimum Gasteiger partial charge on any atom is -0.493 e. The number of aromatic nitrogens is 1. The molecule has 5 rings (SSSR count). The van der Waals surface area contributed by atoms with Gasteiger partial charge < -0.3 is 14.4 Å². The van der Waals surface area contributed by atoms with Crippen molar-refractivity contribution < 1.29 is 14.3 Å². The smallest absolute Gasteiger partial charge is 0.271 e. The van der Waals surface area contributed by atoms with Crippen LogP contribution in [-0.4, -0.2) is 35.6 Å². The van der Waals surface area contributed by atoms with E-state index in [0.717, 1.165) is 11.1 Å². The van der Waals surface area contributed by atoms with Crippen LogP contribution >= 0.6 is 38.9 Å². The number of methoxy groups -OCH3 is 1. The molecule has 4 aromatic rings. The fraction of sp³-hybridized carbons (Fsp3) is 0.235. The Hall–Kier alpha value is -4.17. The van der Waals surface area contributed by atoms with Gasteiger partial charge in [-0.25, -0.2) is 4.99 Å². The molecule has 0 saturated carbocycles. The Bertz CT molecular complexity index is 2010. The van der Waals surface area contributed by atoms with Crippen molar-refractivity contribution >= 4 is 50.9 Å². The summed E-state index contributed by atoms with van der Waals surface area (Å²) in [5, 5.41) is 9.60. The highest BCUT2D eigenvalue weighted by Gasteiger charge is 2.34. The highest BCUT2D eigenvalue weighted by molar-refractivity contribution is 9.10. The van der Waals surface area contributed by atoms with Crippen molar-refractivity contribution in [3.05, 3.63) is 123 Å². The predicted octanol–water partition coefficient (Wildman–Crippen LogP) is 5.98. The molecule has 2 heterocycles. The van der Waals surface area contributed by atoms with Gasteiger partial charge in [0, 0.05) is 18.1 Å². The number of likely N-dealkylation sites (N-methyl/N-ethyl adjacent to an activating group) is 1. The summed E-state index contributed by atoms with van der Waals surface area (Å²) < 4.78 is 14.4. The molecule has 0 bridgehead atoms. The highest BCUT2D eigenvalue weighted by Crippen LogP contribution is 2.37. The van der Waals surface area contributed by atoms with Gasteiger partial charge in [-0.05, 0) is 95.9 Å². The molecule has 1 aromatic heterocycles. The van der Waals surface area contributed by atoms with E-state index in [2.05, 4.69) is 22.0 Å². The minimum atomic E-state index is -0.659. The van der Waals surface area contributed by atoms with Crippen molar-refractivity contribution in [1.82, 2.24) is 9.47 Å². The van der Waals surface area contributed by atoms with E-state index in [-0.39, 0.29) is 18.1 Å². The quantitative estimate of drug-likeness (QED) is 0.214. The molecule has 11 heteroatoms. The van der Waals surface area contributed by atoms with E-state index in [1.165, 1.54) is 11.3 Å². The highest BCUT2D eigenvalue weighted by atomic mass is 79.9. The topological polar surface area (TPSA) is 96.9 Å². The Labute approximate surface area is 278 Å². The molecule has 45 heavy (non-hydrogen) atoms. The first-order valence-electron chi connectivity index (χ1n) is 14.3. The van der Waals surface area contributed by atoms with Crippen LogP contribution in [0.4, 0.5) is 0 Å². The normalized spacial score (nSPS) is 14.4. The van der Waals surface area contributed by atoms with Crippen molar-refractivity contribution in [2.75, 3.05) is 20.2 Å². The Balaban J connectivity index is 1.56. The summed E-state index contributed by atoms with van der Waals surface area (Å²) in [6.07, 6.45) is 1.78. The molecule has 230 valence electrons. The number of benzene rings is 3. The van der Waals surface area contributed by atoms with E-state index in [0.29, 0.717) is 65.8 Å². The zero-order chi connectivity index (χ0) is 32.2. The lowest BCUT2D eigenvalue weighted by molar-refractivity contribution is -0.127. The maximum Gasteiger partial charge on any atom is 0.271 e. The molecule has 1 amide bonds. The maximum absolute atomic E-state index is 14.1. The van der Waals surface area contributed by atoms with E-state index in [9.17, 15) is 9.59 Å². The van der Waals surface area contributed by atoms with Gasteiger partial charge in [0.15, 0.2) is 16.3 Å². The van der Waals surface area contributed by atoms with Crippen molar-refractivity contribution in [1.29, 1.82) is 5.26 Å². The summed E-state index contributed by atoms with van der Waals surface area (Å²) in [7, 11) is 1.55. The number of amides is 1. The number of carbonyl (C=O) groups excluding carboxylic acids is 1. The van der Waals surface area contributed by atoms with Crippen LogP contribution in [0, 0.1) is 11.3 Å². The van der Waals surface area contributed by atoms with Gasteiger partial charge in [-0.15, -0.1) is 0 Å². The second kappa shape index (κ2) is 13.9. The molecule has 0 saturated heterocycles. The third-order valence-electron chi connectivity index (χ3n) is 7.50. The Morgan fingerprint density at radius 3 is 2.47 bits per heavy atom. The third-order valence-corrected chi connectivity index (χ3v) is 9.33. The monoisotopic (exact) mass is 704 g/mol. The third kappa shape index (κ3) is 6.61. The maximum atomic E-state index is 14.1. The predicted molar refractivity (Wildman–Crippen MR) is 179 cm³/mol. The van der Waals surface area contributed by atoms with E-state index in [1.54, 1.807) is 53.0 Å². The van der Waals surface area contributed by atoms with Gasteiger partial charge in [0.25, 0.3) is 11.5 Å². The summed E-state index contributed by atoms with van der Waals surface area (Å²) in [6, 6.07) is 19.5. The first kappa shape index (κ1) is 32.2. The summed E-state index contributed by atoms with van der Waals surface area (Å²) in [4.78, 5) is 34.8. The van der Waals surface area contributed by atoms with Crippen LogP contribution < -0.4 is 24.4 Å². The lowest BCUT2D eigenvalue weighted by atomic mass is 9.94. The van der Waals surface area contributed by atoms with E-state index >= 15 is 0 Å². The van der Waals surface area contributed by atoms with Crippen LogP contribution in [0.1, 0.15) is 49.1 Å². The van der Waals surface area contributed by atoms with Crippen molar-refractivity contribution in [2.24, 2.45) is 4.99 Å². The van der Waals surface area contributed by atoms with Crippen LogP contribution in [-0.2, 0) is 11.4 Å². The first-order chi connectivity index (χ1) is 21.7. The van der Waals surface area contributed by atoms with Gasteiger partial charge in [0.05, 0.1) is 45.1 Å². The number of carbonyl (C=O) groups is 1. The fourth-order valence-electron chi connectivity index (χ4n) is 5.18. The minimum absolute atomic E-state index is 0.152. The van der Waals surface area contributed by atoms with Crippen LogP contribution in [0.2, 0.25) is 5.02 Å². The number of nitriles is 1. The molecule has 1 atom stereocenters. The van der Waals surface area contributed by atoms with Gasteiger partial charge in [-0.1, -0.05) is 47.2 Å². The second-order valence-electron chi connectivity index (χ2n) is 10.2. The zero-order valence-electron chi connectivity index (χ0n) is 25.1. The Morgan fingerprint density at radius 2 is 1.84 bits per heavy atom. The van der Waals surface area contributed by atoms with E-state index in [1.807, 2.05) is 51.1 Å². The number of fused-ring (bicyclic) bond motifs is 1. The number of hydrogen-bond acceptors (Lipinski definition) is 7. The average molecular weight is 706 g/mol. The summed E-state index contributed by atoms with van der Waals surface area (Å²) in [6.45, 7) is 7.02. The van der Waals surface area contributed by atoms with Gasteiger partial charge in [0.2, 0.25) is 0 Å². The molecule has 1 aliphatic heterocycles. The van der Waals surface area contributed by atoms with E-state index < -0.39 is 6.04 Å². The lowest BCUT2D eigenvalue weighted by Gasteiger charge is -2.29. The molecule has 0 unspecified atom stereocenters. The molecular formula is C34H30BrClN4O4S. The molecule has 1 aliphatic rings. The Morgan fingerprint density at radius 1 is 1.16 bits per heavy atom. The van der Waals surface area contributed by atoms with E-state index in [4.69, 9.17) is 31.3 Å². The van der Waals surface area contributed by atoms with Crippen molar-refractivity contribution in [2.45, 2.75) is 33.4 Å². The standard InChI is InChI=1S/C34H30BrClN4O4S/c1-5-39(6-2)33(42)29-20(3)38-34-40(30(29)24-11-13-25(36)14-12-24)32(41)28(45-34)17-23-15-26(35)31(27(16-23)43-4)44-19-22-9-7-21(18-37)8-10-22/h7-17,30H,5-6,19H2,1-4H3/b28-17-/t30-/m1/s1. The summed E-state index contributed by atoms with van der Waals surface area (Å²) in [5.74, 6) is 0.846. The number of ether oxygens (including phenoxy) is 2. The number of thiazole rings is 1. The summed E-state index contributed by atoms with van der Waals surface area (Å²) >= 11 is 11.1. The number of halogens is 2. The molecular weight excluding hydrogens is 676 g/mol. The summed E-state index contributed by atoms with van der Waals surface area (Å²) in [5.41, 5.74) is 3.75. The van der Waals surface area contributed by atoms with Crippen LogP contribution in [0.3, 0.4) is 0 Å². The van der Waals surface area contributed by atoms with Crippen LogP contribution in [0.5, 0.6) is 11.5 Å². The zero-order valence-corrected chi connectivity index (χ0v) is 28.3. The Kier molecular flexibility index (Phi) is 9.93. The molecule has 3 aromatic carbocycles. The number of nitrogens with zero attached hydrogens (tertiary/aromatic N) is 4. The number of rotatable bonds is 9. The number of allylic oxidation sites excluding steroid dienone is 1. The lowest BCUT2D eigenvalue weighted by Crippen LogP contribution is -2.43. The largest absolute Gasteiger partial charge is 0.493 e. The second-order valence-corrected chi connectivity index (χ2v) is 12.5. The fourth-order valence-corrected chi connectivity index (χ4v) is 6.93.